The lowest BCUT2D eigenvalue weighted by Gasteiger charge is -2.31. The van der Waals surface area contributed by atoms with E-state index in [0.717, 1.165) is 9.96 Å². The number of halogens is 3. The Bertz CT molecular complexity index is 599. The summed E-state index contributed by atoms with van der Waals surface area (Å²) in [4.78, 5) is 17.5. The summed E-state index contributed by atoms with van der Waals surface area (Å²) in [6, 6.07) is 6.11. The van der Waals surface area contributed by atoms with Crippen LogP contribution in [0.4, 0.5) is 13.2 Å². The van der Waals surface area contributed by atoms with Crippen LogP contribution in [-0.4, -0.2) is 49.0 Å². The molecule has 0 spiro atoms. The molecule has 1 aliphatic rings. The van der Waals surface area contributed by atoms with Gasteiger partial charge in [0, 0.05) is 18.8 Å². The third-order valence-corrected chi connectivity index (χ3v) is 3.35. The van der Waals surface area contributed by atoms with Gasteiger partial charge in [0.05, 0.1) is 25.0 Å². The molecule has 0 saturated heterocycles. The average molecular weight is 330 g/mol. The Morgan fingerprint density at radius 1 is 1.26 bits per heavy atom. The molecule has 0 bridgehead atoms. The number of alkyl halides is 3. The van der Waals surface area contributed by atoms with E-state index in [4.69, 9.17) is 9.57 Å². The van der Waals surface area contributed by atoms with Gasteiger partial charge in [-0.25, -0.2) is 9.86 Å². The quantitative estimate of drug-likeness (QED) is 0.794. The minimum absolute atomic E-state index is 0.251. The predicted octanol–water partition coefficient (Wildman–Crippen LogP) is 2.86. The van der Waals surface area contributed by atoms with Crippen molar-refractivity contribution in [2.75, 3.05) is 20.8 Å². The van der Waals surface area contributed by atoms with Gasteiger partial charge in [-0.2, -0.15) is 13.2 Å². The first-order valence-electron chi connectivity index (χ1n) is 6.91. The van der Waals surface area contributed by atoms with E-state index in [0.29, 0.717) is 11.1 Å². The highest BCUT2D eigenvalue weighted by atomic mass is 19.4. The maximum Gasteiger partial charge on any atom is 0.429 e. The molecule has 1 heterocycles. The summed E-state index contributed by atoms with van der Waals surface area (Å²) in [7, 11) is 2.50. The number of hydrogen-bond donors (Lipinski definition) is 0. The van der Waals surface area contributed by atoms with E-state index in [-0.39, 0.29) is 12.3 Å². The fourth-order valence-corrected chi connectivity index (χ4v) is 2.37. The van der Waals surface area contributed by atoms with Crippen molar-refractivity contribution in [1.82, 2.24) is 9.96 Å². The molecule has 0 amide bonds. The maximum absolute atomic E-state index is 13.1. The molecule has 1 aromatic rings. The van der Waals surface area contributed by atoms with E-state index in [2.05, 4.69) is 0 Å². The number of benzene rings is 1. The lowest BCUT2D eigenvalue weighted by molar-refractivity contribution is -0.260. The zero-order chi connectivity index (χ0) is 17.2. The van der Waals surface area contributed by atoms with Crippen LogP contribution in [0.15, 0.2) is 30.5 Å². The fourth-order valence-electron chi connectivity index (χ4n) is 2.37. The van der Waals surface area contributed by atoms with Gasteiger partial charge in [0.15, 0.2) is 0 Å². The van der Waals surface area contributed by atoms with Crippen LogP contribution in [0.3, 0.4) is 0 Å². The number of carbonyl (C=O) groups excluding carboxylic acids is 1. The number of ether oxygens (including phenoxy) is 1. The van der Waals surface area contributed by atoms with Crippen molar-refractivity contribution in [2.24, 2.45) is 0 Å². The highest BCUT2D eigenvalue weighted by molar-refractivity contribution is 5.89. The number of hydroxylamine groups is 2. The van der Waals surface area contributed by atoms with Crippen molar-refractivity contribution in [3.8, 4) is 0 Å². The minimum Gasteiger partial charge on any atom is -0.462 e. The normalized spacial score (nSPS) is 18.2. The highest BCUT2D eigenvalue weighted by Crippen LogP contribution is 2.37. The second-order valence-corrected chi connectivity index (χ2v) is 4.90. The third kappa shape index (κ3) is 3.42. The Labute approximate surface area is 131 Å². The van der Waals surface area contributed by atoms with Crippen LogP contribution in [0.25, 0.3) is 5.70 Å². The summed E-state index contributed by atoms with van der Waals surface area (Å²) in [5, 5.41) is 0.791. The molecule has 0 radical (unpaired) electrons. The van der Waals surface area contributed by atoms with E-state index in [1.807, 2.05) is 0 Å². The second kappa shape index (κ2) is 6.49. The summed E-state index contributed by atoms with van der Waals surface area (Å²) in [5.41, 5.74) is 1.09. The van der Waals surface area contributed by atoms with Crippen LogP contribution < -0.4 is 0 Å². The standard InChI is InChI=1S/C15H17F3N2O3/c1-4-23-13(21)11-7-5-10(6-8-11)12-9-19(2)14(15(16,17)18)20(12)22-3/h5-9,14H,4H2,1-3H3. The SMILES string of the molecule is CCOC(=O)c1ccc(C2=CN(C)C(C(F)(F)F)N2OC)cc1. The number of nitrogens with zero attached hydrogens (tertiary/aromatic N) is 2. The van der Waals surface area contributed by atoms with Crippen LogP contribution in [0.1, 0.15) is 22.8 Å². The molecule has 0 aromatic heterocycles. The topological polar surface area (TPSA) is 42.0 Å². The first-order valence-corrected chi connectivity index (χ1v) is 6.91. The van der Waals surface area contributed by atoms with Crippen molar-refractivity contribution < 1.29 is 27.5 Å². The molecule has 0 fully saturated rings. The molecule has 1 aromatic carbocycles. The molecule has 0 saturated carbocycles. The zero-order valence-electron chi connectivity index (χ0n) is 12.9. The predicted molar refractivity (Wildman–Crippen MR) is 76.8 cm³/mol. The molecular weight excluding hydrogens is 313 g/mol. The molecule has 23 heavy (non-hydrogen) atoms. The number of hydrogen-bond acceptors (Lipinski definition) is 5. The van der Waals surface area contributed by atoms with Gasteiger partial charge in [0.25, 0.3) is 0 Å². The highest BCUT2D eigenvalue weighted by Gasteiger charge is 2.50. The monoisotopic (exact) mass is 330 g/mol. The van der Waals surface area contributed by atoms with Gasteiger partial charge in [-0.05, 0) is 19.1 Å². The molecule has 1 unspecified atom stereocenters. The Morgan fingerprint density at radius 3 is 2.35 bits per heavy atom. The minimum atomic E-state index is -4.48. The number of esters is 1. The van der Waals surface area contributed by atoms with Crippen molar-refractivity contribution >= 4 is 11.7 Å². The molecule has 0 N–H and O–H groups in total. The number of carbonyl (C=O) groups is 1. The molecule has 1 atom stereocenters. The smallest absolute Gasteiger partial charge is 0.429 e. The van der Waals surface area contributed by atoms with Gasteiger partial charge < -0.3 is 9.64 Å². The van der Waals surface area contributed by atoms with E-state index in [9.17, 15) is 18.0 Å². The van der Waals surface area contributed by atoms with E-state index in [1.165, 1.54) is 32.5 Å². The molecule has 0 aliphatic carbocycles. The first kappa shape index (κ1) is 17.1. The molecule has 126 valence electrons. The van der Waals surface area contributed by atoms with Crippen LogP contribution in [0, 0.1) is 0 Å². The van der Waals surface area contributed by atoms with Crippen LogP contribution in [0.5, 0.6) is 0 Å². The van der Waals surface area contributed by atoms with Gasteiger partial charge >= 0.3 is 12.1 Å². The lowest BCUT2D eigenvalue weighted by Crippen LogP contribution is -2.48. The molecular formula is C15H17F3N2O3. The van der Waals surface area contributed by atoms with Crippen molar-refractivity contribution in [3.63, 3.8) is 0 Å². The van der Waals surface area contributed by atoms with Crippen LogP contribution in [-0.2, 0) is 9.57 Å². The fraction of sp³-hybridized carbons (Fsp3) is 0.400. The summed E-state index contributed by atoms with van der Waals surface area (Å²) < 4.78 is 44.3. The van der Waals surface area contributed by atoms with Gasteiger partial charge in [0.1, 0.15) is 0 Å². The summed E-state index contributed by atoms with van der Waals surface area (Å²) in [5.74, 6) is -0.478. The second-order valence-electron chi connectivity index (χ2n) is 4.90. The molecule has 2 rings (SSSR count). The van der Waals surface area contributed by atoms with Crippen molar-refractivity contribution in [2.45, 2.75) is 19.3 Å². The van der Waals surface area contributed by atoms with E-state index >= 15 is 0 Å². The Kier molecular flexibility index (Phi) is 4.84. The molecule has 5 nitrogen and oxygen atoms in total. The Morgan fingerprint density at radius 2 is 1.87 bits per heavy atom. The van der Waals surface area contributed by atoms with Crippen molar-refractivity contribution in [3.05, 3.63) is 41.6 Å². The zero-order valence-corrected chi connectivity index (χ0v) is 12.9. The number of rotatable bonds is 4. The Balaban J connectivity index is 2.27. The molecule has 1 aliphatic heterocycles. The lowest BCUT2D eigenvalue weighted by atomic mass is 10.1. The van der Waals surface area contributed by atoms with Crippen molar-refractivity contribution in [1.29, 1.82) is 0 Å². The van der Waals surface area contributed by atoms with Gasteiger partial charge in [-0.3, -0.25) is 4.84 Å². The van der Waals surface area contributed by atoms with Gasteiger partial charge in [0.2, 0.25) is 6.17 Å². The maximum atomic E-state index is 13.1. The first-order chi connectivity index (χ1) is 10.8. The largest absolute Gasteiger partial charge is 0.462 e. The van der Waals surface area contributed by atoms with Crippen LogP contribution in [0.2, 0.25) is 0 Å². The third-order valence-electron chi connectivity index (χ3n) is 3.35. The summed E-state index contributed by atoms with van der Waals surface area (Å²) >= 11 is 0. The Hall–Kier alpha value is -2.22. The van der Waals surface area contributed by atoms with Crippen LogP contribution >= 0.6 is 0 Å². The van der Waals surface area contributed by atoms with E-state index < -0.39 is 18.3 Å². The van der Waals surface area contributed by atoms with Gasteiger partial charge in [-0.1, -0.05) is 12.1 Å². The summed E-state index contributed by atoms with van der Waals surface area (Å²) in [6.07, 6.45) is -5.03. The average Bonchev–Trinajstić information content (AvgIpc) is 2.84. The van der Waals surface area contributed by atoms with Gasteiger partial charge in [-0.15, -0.1) is 0 Å². The molecule has 8 heteroatoms. The van der Waals surface area contributed by atoms with E-state index in [1.54, 1.807) is 19.1 Å². The summed E-state index contributed by atoms with van der Waals surface area (Å²) in [6.45, 7) is 1.94.